The van der Waals surface area contributed by atoms with Gasteiger partial charge in [0.15, 0.2) is 0 Å². The fourth-order valence-corrected chi connectivity index (χ4v) is 2.20. The van der Waals surface area contributed by atoms with E-state index < -0.39 is 0 Å². The molecule has 92 valence electrons. The summed E-state index contributed by atoms with van der Waals surface area (Å²) in [4.78, 5) is 1.29. The molecule has 2 heteroatoms. The van der Waals surface area contributed by atoms with Crippen LogP contribution in [0.15, 0.2) is 29.2 Å². The second-order valence-electron chi connectivity index (χ2n) is 4.17. The third kappa shape index (κ3) is 4.46. The minimum atomic E-state index is 0.176. The molecule has 1 nitrogen and oxygen atoms in total. The highest BCUT2D eigenvalue weighted by Gasteiger charge is 2.10. The van der Waals surface area contributed by atoms with Gasteiger partial charge < -0.3 is 0 Å². The summed E-state index contributed by atoms with van der Waals surface area (Å²) in [5.74, 6) is 2.81. The standard InChI is InChI=1S/C15H21NS/c1-5-7-14(6-2)16-12(3)13-8-10-15(17-4)11-9-13/h2,8-12,14,16H,5,7H2,1,3-4H3. The molecule has 0 radical (unpaired) electrons. The number of benzene rings is 1. The first-order valence-corrected chi connectivity index (χ1v) is 7.29. The van der Waals surface area contributed by atoms with Crippen LogP contribution >= 0.6 is 11.8 Å². The molecule has 2 atom stereocenters. The first-order valence-electron chi connectivity index (χ1n) is 6.07. The van der Waals surface area contributed by atoms with Gasteiger partial charge in [0.1, 0.15) is 0 Å². The van der Waals surface area contributed by atoms with E-state index in [1.54, 1.807) is 11.8 Å². The lowest BCUT2D eigenvalue weighted by Crippen LogP contribution is -2.30. The van der Waals surface area contributed by atoms with Crippen LogP contribution in [-0.2, 0) is 0 Å². The molecular weight excluding hydrogens is 226 g/mol. The maximum absolute atomic E-state index is 5.52. The average Bonchev–Trinajstić information content (AvgIpc) is 2.38. The van der Waals surface area contributed by atoms with Crippen LogP contribution < -0.4 is 5.32 Å². The van der Waals surface area contributed by atoms with Gasteiger partial charge in [0.2, 0.25) is 0 Å². The normalized spacial score (nSPS) is 14.0. The van der Waals surface area contributed by atoms with Crippen molar-refractivity contribution < 1.29 is 0 Å². The summed E-state index contributed by atoms with van der Waals surface area (Å²) in [6, 6.07) is 9.13. The molecule has 0 aliphatic carbocycles. The molecule has 0 bridgehead atoms. The molecule has 1 rings (SSSR count). The highest BCUT2D eigenvalue weighted by Crippen LogP contribution is 2.19. The topological polar surface area (TPSA) is 12.0 Å². The van der Waals surface area contributed by atoms with Crippen LogP contribution in [0.25, 0.3) is 0 Å². The summed E-state index contributed by atoms with van der Waals surface area (Å²) in [5.41, 5.74) is 1.29. The Kier molecular flexibility index (Phi) is 6.18. The minimum Gasteiger partial charge on any atom is -0.297 e. The molecule has 17 heavy (non-hydrogen) atoms. The lowest BCUT2D eigenvalue weighted by molar-refractivity contribution is 0.495. The van der Waals surface area contributed by atoms with Gasteiger partial charge in [-0.15, -0.1) is 18.2 Å². The van der Waals surface area contributed by atoms with Crippen LogP contribution in [0.5, 0.6) is 0 Å². The Hall–Kier alpha value is -0.910. The summed E-state index contributed by atoms with van der Waals surface area (Å²) in [6.45, 7) is 4.32. The average molecular weight is 247 g/mol. The summed E-state index contributed by atoms with van der Waals surface area (Å²) in [7, 11) is 0. The summed E-state index contributed by atoms with van der Waals surface area (Å²) >= 11 is 1.76. The van der Waals surface area contributed by atoms with E-state index in [9.17, 15) is 0 Å². The fourth-order valence-electron chi connectivity index (χ4n) is 1.79. The van der Waals surface area contributed by atoms with Crippen molar-refractivity contribution in [2.24, 2.45) is 0 Å². The number of hydrogen-bond acceptors (Lipinski definition) is 2. The van der Waals surface area contributed by atoms with E-state index in [-0.39, 0.29) is 6.04 Å². The maximum Gasteiger partial charge on any atom is 0.0691 e. The Balaban J connectivity index is 2.62. The summed E-state index contributed by atoms with van der Waals surface area (Å²) in [6.07, 6.45) is 9.75. The predicted octanol–water partition coefficient (Wildman–Crippen LogP) is 3.86. The zero-order valence-electron chi connectivity index (χ0n) is 10.9. The van der Waals surface area contributed by atoms with Gasteiger partial charge in [-0.1, -0.05) is 31.4 Å². The Labute approximate surface area is 109 Å². The van der Waals surface area contributed by atoms with Crippen molar-refractivity contribution in [2.75, 3.05) is 6.26 Å². The Morgan fingerprint density at radius 3 is 2.47 bits per heavy atom. The fraction of sp³-hybridized carbons (Fsp3) is 0.467. The van der Waals surface area contributed by atoms with E-state index in [0.29, 0.717) is 6.04 Å². The molecule has 0 heterocycles. The van der Waals surface area contributed by atoms with Crippen LogP contribution in [0.1, 0.15) is 38.3 Å². The van der Waals surface area contributed by atoms with Crippen LogP contribution in [-0.4, -0.2) is 12.3 Å². The molecular formula is C15H21NS. The zero-order valence-corrected chi connectivity index (χ0v) is 11.7. The van der Waals surface area contributed by atoms with Crippen LogP contribution in [0.3, 0.4) is 0 Å². The van der Waals surface area contributed by atoms with E-state index in [1.807, 2.05) is 0 Å². The third-order valence-electron chi connectivity index (χ3n) is 2.85. The summed E-state index contributed by atoms with van der Waals surface area (Å²) in [5, 5.41) is 3.48. The van der Waals surface area contributed by atoms with Gasteiger partial charge in [0.25, 0.3) is 0 Å². The molecule has 0 saturated heterocycles. The van der Waals surface area contributed by atoms with Gasteiger partial charge >= 0.3 is 0 Å². The van der Waals surface area contributed by atoms with E-state index in [2.05, 4.69) is 55.6 Å². The number of nitrogens with one attached hydrogen (secondary N) is 1. The number of terminal acetylenes is 1. The van der Waals surface area contributed by atoms with Gasteiger partial charge in [0.05, 0.1) is 6.04 Å². The van der Waals surface area contributed by atoms with Crippen molar-refractivity contribution in [1.29, 1.82) is 0 Å². The largest absolute Gasteiger partial charge is 0.297 e. The monoisotopic (exact) mass is 247 g/mol. The smallest absolute Gasteiger partial charge is 0.0691 e. The molecule has 2 unspecified atom stereocenters. The molecule has 0 fully saturated rings. The molecule has 0 aliphatic rings. The Morgan fingerprint density at radius 2 is 2.00 bits per heavy atom. The number of rotatable bonds is 6. The highest BCUT2D eigenvalue weighted by molar-refractivity contribution is 7.98. The van der Waals surface area contributed by atoms with E-state index in [0.717, 1.165) is 12.8 Å². The van der Waals surface area contributed by atoms with E-state index in [4.69, 9.17) is 6.42 Å². The van der Waals surface area contributed by atoms with Gasteiger partial charge in [0, 0.05) is 10.9 Å². The molecule has 0 saturated carbocycles. The van der Waals surface area contributed by atoms with Gasteiger partial charge in [-0.25, -0.2) is 0 Å². The summed E-state index contributed by atoms with van der Waals surface area (Å²) < 4.78 is 0. The first-order chi connectivity index (χ1) is 8.21. The van der Waals surface area contributed by atoms with Gasteiger partial charge in [-0.3, -0.25) is 5.32 Å². The Morgan fingerprint density at radius 1 is 1.35 bits per heavy atom. The molecule has 1 aromatic carbocycles. The molecule has 0 aliphatic heterocycles. The quantitative estimate of drug-likeness (QED) is 0.605. The molecule has 1 aromatic rings. The minimum absolute atomic E-state index is 0.176. The van der Waals surface area contributed by atoms with Crippen molar-refractivity contribution in [3.05, 3.63) is 29.8 Å². The number of thioether (sulfide) groups is 1. The predicted molar refractivity (Wildman–Crippen MR) is 77.3 cm³/mol. The Bertz CT molecular complexity index is 364. The molecule has 1 N–H and O–H groups in total. The first kappa shape index (κ1) is 14.2. The molecule has 0 amide bonds. The van der Waals surface area contributed by atoms with Crippen molar-refractivity contribution in [3.8, 4) is 12.3 Å². The van der Waals surface area contributed by atoms with E-state index in [1.165, 1.54) is 10.5 Å². The SMILES string of the molecule is C#CC(CCC)NC(C)c1ccc(SC)cc1. The van der Waals surface area contributed by atoms with Crippen LogP contribution in [0.2, 0.25) is 0 Å². The maximum atomic E-state index is 5.52. The van der Waals surface area contributed by atoms with Crippen LogP contribution in [0, 0.1) is 12.3 Å². The van der Waals surface area contributed by atoms with Crippen molar-refractivity contribution in [2.45, 2.75) is 43.7 Å². The number of hydrogen-bond donors (Lipinski definition) is 1. The lowest BCUT2D eigenvalue weighted by Gasteiger charge is -2.19. The molecule has 0 spiro atoms. The molecule has 0 aromatic heterocycles. The zero-order chi connectivity index (χ0) is 12.7. The van der Waals surface area contributed by atoms with E-state index >= 15 is 0 Å². The second kappa shape index (κ2) is 7.42. The third-order valence-corrected chi connectivity index (χ3v) is 3.59. The van der Waals surface area contributed by atoms with Gasteiger partial charge in [-0.05, 0) is 37.3 Å². The van der Waals surface area contributed by atoms with Crippen LogP contribution in [0.4, 0.5) is 0 Å². The van der Waals surface area contributed by atoms with Crippen molar-refractivity contribution in [3.63, 3.8) is 0 Å². The highest BCUT2D eigenvalue weighted by atomic mass is 32.2. The second-order valence-corrected chi connectivity index (χ2v) is 5.05. The van der Waals surface area contributed by atoms with Crippen molar-refractivity contribution in [1.82, 2.24) is 5.32 Å². The van der Waals surface area contributed by atoms with Gasteiger partial charge in [-0.2, -0.15) is 0 Å². The lowest BCUT2D eigenvalue weighted by atomic mass is 10.1. The van der Waals surface area contributed by atoms with Crippen molar-refractivity contribution >= 4 is 11.8 Å².